The molecular weight excluding hydrogens is 390 g/mol. The summed E-state index contributed by atoms with van der Waals surface area (Å²) in [4.78, 5) is 14.4. The number of nitrogens with zero attached hydrogens (tertiary/aromatic N) is 2. The molecule has 0 aliphatic carbocycles. The highest BCUT2D eigenvalue weighted by Gasteiger charge is 2.29. The Morgan fingerprint density at radius 3 is 2.44 bits per heavy atom. The van der Waals surface area contributed by atoms with E-state index in [1.807, 2.05) is 17.9 Å². The summed E-state index contributed by atoms with van der Waals surface area (Å²) in [6.07, 6.45) is 1.57. The monoisotopic (exact) mass is 411 g/mol. The molecule has 2 heterocycles. The highest BCUT2D eigenvalue weighted by Crippen LogP contribution is 2.20. The number of nitrogens with one attached hydrogen (secondary N) is 1. The van der Waals surface area contributed by atoms with Crippen molar-refractivity contribution in [3.05, 3.63) is 53.4 Å². The van der Waals surface area contributed by atoms with Crippen LogP contribution in [0.25, 0.3) is 0 Å². The molecule has 0 unspecified atom stereocenters. The van der Waals surface area contributed by atoms with E-state index in [2.05, 4.69) is 5.32 Å². The topological polar surface area (TPSA) is 82.9 Å². The van der Waals surface area contributed by atoms with Gasteiger partial charge in [-0.05, 0) is 43.3 Å². The van der Waals surface area contributed by atoms with E-state index in [9.17, 15) is 13.2 Å². The summed E-state index contributed by atoms with van der Waals surface area (Å²) in [5, 5.41) is 3.38. The van der Waals surface area contributed by atoms with Crippen LogP contribution in [0.15, 0.2) is 52.0 Å². The van der Waals surface area contributed by atoms with Crippen molar-refractivity contribution < 1.29 is 17.6 Å². The van der Waals surface area contributed by atoms with Crippen molar-refractivity contribution in [3.63, 3.8) is 0 Å². The minimum absolute atomic E-state index is 0.118. The molecule has 1 fully saturated rings. The maximum Gasteiger partial charge on any atom is 0.243 e. The zero-order valence-electron chi connectivity index (χ0n) is 15.0. The first-order valence-electron chi connectivity index (χ1n) is 8.67. The number of sulfonamides is 1. The van der Waals surface area contributed by atoms with E-state index in [0.717, 1.165) is 0 Å². The van der Waals surface area contributed by atoms with E-state index in [1.54, 1.807) is 24.5 Å². The summed E-state index contributed by atoms with van der Waals surface area (Å²) in [5.74, 6) is 0.579. The molecule has 0 bridgehead atoms. The summed E-state index contributed by atoms with van der Waals surface area (Å²) >= 11 is 5.82. The lowest BCUT2D eigenvalue weighted by Gasteiger charge is -2.33. The average Bonchev–Trinajstić information content (AvgIpc) is 3.17. The maximum absolute atomic E-state index is 12.7. The zero-order chi connectivity index (χ0) is 19.4. The summed E-state index contributed by atoms with van der Waals surface area (Å²) in [6.45, 7) is 3.75. The Bertz CT molecular complexity index is 861. The van der Waals surface area contributed by atoms with Crippen molar-refractivity contribution in [3.8, 4) is 0 Å². The first-order valence-corrected chi connectivity index (χ1v) is 10.5. The molecule has 2 aromatic rings. The van der Waals surface area contributed by atoms with Gasteiger partial charge in [0.05, 0.1) is 23.7 Å². The lowest BCUT2D eigenvalue weighted by atomic mass is 10.2. The Morgan fingerprint density at radius 1 is 1.19 bits per heavy atom. The molecule has 1 aromatic heterocycles. The number of furan rings is 1. The van der Waals surface area contributed by atoms with Crippen LogP contribution >= 0.6 is 11.6 Å². The maximum atomic E-state index is 12.7. The molecule has 7 nitrogen and oxygen atoms in total. The molecule has 1 aromatic carbocycles. The fraction of sp³-hybridized carbons (Fsp3) is 0.389. The van der Waals surface area contributed by atoms with Crippen LogP contribution in [0, 0.1) is 0 Å². The van der Waals surface area contributed by atoms with E-state index < -0.39 is 10.0 Å². The van der Waals surface area contributed by atoms with Gasteiger partial charge in [0.1, 0.15) is 5.76 Å². The van der Waals surface area contributed by atoms with Crippen LogP contribution in [0.4, 0.5) is 0 Å². The first-order chi connectivity index (χ1) is 12.9. The third-order valence-corrected chi connectivity index (χ3v) is 6.66. The van der Waals surface area contributed by atoms with E-state index in [4.69, 9.17) is 16.0 Å². The van der Waals surface area contributed by atoms with Crippen molar-refractivity contribution in [1.82, 2.24) is 14.5 Å². The number of halogens is 1. The third-order valence-electron chi connectivity index (χ3n) is 4.50. The van der Waals surface area contributed by atoms with E-state index >= 15 is 0 Å². The Kier molecular flexibility index (Phi) is 6.21. The van der Waals surface area contributed by atoms with Crippen molar-refractivity contribution in [2.45, 2.75) is 17.9 Å². The highest BCUT2D eigenvalue weighted by molar-refractivity contribution is 7.89. The van der Waals surface area contributed by atoms with Crippen molar-refractivity contribution in [1.29, 1.82) is 0 Å². The number of hydrogen-bond acceptors (Lipinski definition) is 5. The lowest BCUT2D eigenvalue weighted by Crippen LogP contribution is -2.51. The molecule has 146 valence electrons. The van der Waals surface area contributed by atoms with Crippen molar-refractivity contribution in [2.75, 3.05) is 32.7 Å². The highest BCUT2D eigenvalue weighted by atomic mass is 35.5. The van der Waals surface area contributed by atoms with Crippen LogP contribution in [0.1, 0.15) is 18.7 Å². The van der Waals surface area contributed by atoms with E-state index in [1.165, 1.54) is 16.4 Å². The van der Waals surface area contributed by atoms with Gasteiger partial charge in [-0.1, -0.05) is 11.6 Å². The third kappa shape index (κ3) is 4.90. The summed E-state index contributed by atoms with van der Waals surface area (Å²) in [6, 6.07) is 9.52. The molecular formula is C18H22ClN3O4S. The fourth-order valence-electron chi connectivity index (χ4n) is 2.98. The van der Waals surface area contributed by atoms with Gasteiger partial charge in [-0.25, -0.2) is 8.42 Å². The number of benzene rings is 1. The zero-order valence-corrected chi connectivity index (χ0v) is 16.5. The second kappa shape index (κ2) is 8.43. The molecule has 3 rings (SSSR count). The molecule has 1 N–H and O–H groups in total. The Labute approximate surface area is 163 Å². The SMILES string of the molecule is C[C@H](NC(=O)CN1CCN(S(=O)(=O)c2ccc(Cl)cc2)CC1)c1ccco1. The number of hydrogen-bond donors (Lipinski definition) is 1. The van der Waals surface area contributed by atoms with Crippen molar-refractivity contribution in [2.24, 2.45) is 0 Å². The number of carbonyl (C=O) groups excluding carboxylic acids is 1. The normalized spacial score (nSPS) is 17.6. The van der Waals surface area contributed by atoms with Gasteiger partial charge in [0, 0.05) is 31.2 Å². The second-order valence-electron chi connectivity index (χ2n) is 6.44. The van der Waals surface area contributed by atoms with Gasteiger partial charge in [-0.3, -0.25) is 9.69 Å². The van der Waals surface area contributed by atoms with E-state index in [0.29, 0.717) is 37.0 Å². The summed E-state index contributed by atoms with van der Waals surface area (Å²) in [5.41, 5.74) is 0. The second-order valence-corrected chi connectivity index (χ2v) is 8.81. The molecule has 1 aliphatic heterocycles. The molecule has 1 atom stereocenters. The average molecular weight is 412 g/mol. The van der Waals surface area contributed by atoms with Gasteiger partial charge in [0.2, 0.25) is 15.9 Å². The standard InChI is InChI=1S/C18H22ClN3O4S/c1-14(17-3-2-12-26-17)20-18(23)13-21-8-10-22(11-9-21)27(24,25)16-6-4-15(19)5-7-16/h2-7,12,14H,8-11,13H2,1H3,(H,20,23)/t14-/m0/s1. The van der Waals surface area contributed by atoms with Gasteiger partial charge in [-0.2, -0.15) is 4.31 Å². The van der Waals surface area contributed by atoms with Crippen molar-refractivity contribution >= 4 is 27.5 Å². The van der Waals surface area contributed by atoms with Crippen LogP contribution in [0.5, 0.6) is 0 Å². The quantitative estimate of drug-likeness (QED) is 0.787. The van der Waals surface area contributed by atoms with Crippen LogP contribution in [-0.2, 0) is 14.8 Å². The van der Waals surface area contributed by atoms with E-state index in [-0.39, 0.29) is 23.4 Å². The Morgan fingerprint density at radius 2 is 1.85 bits per heavy atom. The van der Waals surface area contributed by atoms with Crippen LogP contribution < -0.4 is 5.32 Å². The minimum Gasteiger partial charge on any atom is -0.467 e. The molecule has 9 heteroatoms. The first kappa shape index (κ1) is 19.9. The molecule has 0 spiro atoms. The lowest BCUT2D eigenvalue weighted by molar-refractivity contribution is -0.123. The summed E-state index contributed by atoms with van der Waals surface area (Å²) in [7, 11) is -3.54. The molecule has 1 saturated heterocycles. The largest absolute Gasteiger partial charge is 0.467 e. The number of carbonyl (C=O) groups is 1. The number of amides is 1. The van der Waals surface area contributed by atoms with Crippen LogP contribution in [-0.4, -0.2) is 56.3 Å². The molecule has 1 aliphatic rings. The molecule has 0 radical (unpaired) electrons. The summed E-state index contributed by atoms with van der Waals surface area (Å²) < 4.78 is 32.1. The molecule has 0 saturated carbocycles. The van der Waals surface area contributed by atoms with Crippen LogP contribution in [0.2, 0.25) is 5.02 Å². The minimum atomic E-state index is -3.54. The van der Waals surface area contributed by atoms with Crippen LogP contribution in [0.3, 0.4) is 0 Å². The fourth-order valence-corrected chi connectivity index (χ4v) is 4.53. The van der Waals surface area contributed by atoms with Gasteiger partial charge < -0.3 is 9.73 Å². The van der Waals surface area contributed by atoms with Gasteiger partial charge in [0.25, 0.3) is 0 Å². The molecule has 1 amide bonds. The Hall–Kier alpha value is -1.87. The molecule has 27 heavy (non-hydrogen) atoms. The van der Waals surface area contributed by atoms with Gasteiger partial charge in [0.15, 0.2) is 0 Å². The smallest absolute Gasteiger partial charge is 0.243 e. The predicted molar refractivity (Wildman–Crippen MR) is 102 cm³/mol. The van der Waals surface area contributed by atoms with Gasteiger partial charge in [-0.15, -0.1) is 0 Å². The Balaban J connectivity index is 1.51. The predicted octanol–water partition coefficient (Wildman–Crippen LogP) is 2.12. The van der Waals surface area contributed by atoms with Gasteiger partial charge >= 0.3 is 0 Å². The number of piperazine rings is 1. The number of rotatable bonds is 6.